The minimum Gasteiger partial charge on any atom is -0.324 e. The molecule has 2 saturated heterocycles. The number of nitrogens with zero attached hydrogens (tertiary/aromatic N) is 2. The number of rotatable bonds is 3. The predicted molar refractivity (Wildman–Crippen MR) is 87.2 cm³/mol. The molecule has 1 aromatic carbocycles. The summed E-state index contributed by atoms with van der Waals surface area (Å²) in [6.45, 7) is 3.62. The third-order valence-electron chi connectivity index (χ3n) is 4.42. The maximum Gasteiger partial charge on any atom is 0.274 e. The van der Waals surface area contributed by atoms with E-state index in [0.29, 0.717) is 23.4 Å². The number of carbonyl (C=O) groups is 2. The molecule has 0 radical (unpaired) electrons. The molecule has 7 nitrogen and oxygen atoms in total. The van der Waals surface area contributed by atoms with Gasteiger partial charge in [-0.2, -0.15) is 0 Å². The van der Waals surface area contributed by atoms with E-state index in [9.17, 15) is 19.7 Å². The molecule has 2 amide bonds. The molecular formula is C15H17N3O4S. The smallest absolute Gasteiger partial charge is 0.274 e. The summed E-state index contributed by atoms with van der Waals surface area (Å²) in [6.07, 6.45) is 1.21. The van der Waals surface area contributed by atoms with Crippen LogP contribution in [0.25, 0.3) is 0 Å². The number of anilines is 1. The molecule has 0 aromatic heterocycles. The topological polar surface area (TPSA) is 92.6 Å². The van der Waals surface area contributed by atoms with Gasteiger partial charge in [0.25, 0.3) is 5.69 Å². The molecule has 8 heteroatoms. The highest BCUT2D eigenvalue weighted by molar-refractivity contribution is 8.01. The predicted octanol–water partition coefficient (Wildman–Crippen LogP) is 2.30. The largest absolute Gasteiger partial charge is 0.324 e. The molecule has 1 aromatic rings. The van der Waals surface area contributed by atoms with E-state index in [-0.39, 0.29) is 22.4 Å². The summed E-state index contributed by atoms with van der Waals surface area (Å²) < 4.78 is 0. The molecule has 0 spiro atoms. The van der Waals surface area contributed by atoms with E-state index in [1.807, 2.05) is 6.92 Å². The van der Waals surface area contributed by atoms with E-state index in [4.69, 9.17) is 0 Å². The molecule has 2 atom stereocenters. The van der Waals surface area contributed by atoms with E-state index < -0.39 is 11.0 Å². The van der Waals surface area contributed by atoms with Crippen molar-refractivity contribution in [1.29, 1.82) is 0 Å². The number of aryl methyl sites for hydroxylation is 1. The van der Waals surface area contributed by atoms with E-state index in [1.165, 1.54) is 6.07 Å². The Bertz CT molecular complexity index is 708. The van der Waals surface area contributed by atoms with Gasteiger partial charge in [0.1, 0.15) is 6.04 Å². The minimum absolute atomic E-state index is 0.00691. The van der Waals surface area contributed by atoms with Crippen molar-refractivity contribution in [2.75, 3.05) is 11.1 Å². The standard InChI is InChI=1S/C15H17N3O4S/c1-9-3-4-10(7-11(9)18(21)22)16-14(20)12-8-23-15(2)6-5-13(19)17(12)15/h3-4,7,12H,5-6,8H2,1-2H3,(H,16,20)/t12-,15+/m0/s1. The van der Waals surface area contributed by atoms with Crippen LogP contribution in [0.1, 0.15) is 25.3 Å². The second-order valence-corrected chi connectivity index (χ2v) is 7.51. The highest BCUT2D eigenvalue weighted by Gasteiger charge is 2.52. The van der Waals surface area contributed by atoms with Gasteiger partial charge in [-0.05, 0) is 26.3 Å². The Morgan fingerprint density at radius 1 is 1.52 bits per heavy atom. The molecule has 0 unspecified atom stereocenters. The number of carbonyl (C=O) groups excluding carboxylic acids is 2. The molecule has 2 heterocycles. The number of nitro groups is 1. The zero-order valence-electron chi connectivity index (χ0n) is 12.9. The fraction of sp³-hybridized carbons (Fsp3) is 0.467. The second kappa shape index (κ2) is 5.52. The number of amides is 2. The lowest BCUT2D eigenvalue weighted by molar-refractivity contribution is -0.385. The van der Waals surface area contributed by atoms with Crippen LogP contribution in [0.3, 0.4) is 0 Å². The zero-order chi connectivity index (χ0) is 16.8. The van der Waals surface area contributed by atoms with E-state index >= 15 is 0 Å². The monoisotopic (exact) mass is 335 g/mol. The van der Waals surface area contributed by atoms with Gasteiger partial charge in [-0.25, -0.2) is 0 Å². The summed E-state index contributed by atoms with van der Waals surface area (Å²) >= 11 is 1.61. The second-order valence-electron chi connectivity index (χ2n) is 6.01. The van der Waals surface area contributed by atoms with Crippen LogP contribution >= 0.6 is 11.8 Å². The van der Waals surface area contributed by atoms with Gasteiger partial charge in [0.2, 0.25) is 11.8 Å². The molecular weight excluding hydrogens is 318 g/mol. The number of fused-ring (bicyclic) bond motifs is 1. The molecule has 23 heavy (non-hydrogen) atoms. The molecule has 2 fully saturated rings. The SMILES string of the molecule is Cc1ccc(NC(=O)[C@@H]2CS[C@]3(C)CCC(=O)N23)cc1[N+](=O)[O-]. The maximum absolute atomic E-state index is 12.5. The first-order valence-electron chi connectivity index (χ1n) is 7.34. The normalized spacial score (nSPS) is 26.3. The summed E-state index contributed by atoms with van der Waals surface area (Å²) in [6, 6.07) is 4.05. The van der Waals surface area contributed by atoms with Gasteiger partial charge >= 0.3 is 0 Å². The van der Waals surface area contributed by atoms with Crippen LogP contribution in [0, 0.1) is 17.0 Å². The lowest BCUT2D eigenvalue weighted by Crippen LogP contribution is -2.48. The molecule has 0 saturated carbocycles. The van der Waals surface area contributed by atoms with E-state index in [0.717, 1.165) is 6.42 Å². The summed E-state index contributed by atoms with van der Waals surface area (Å²) in [4.78, 5) is 36.5. The summed E-state index contributed by atoms with van der Waals surface area (Å²) in [5.41, 5.74) is 0.870. The average molecular weight is 335 g/mol. The first kappa shape index (κ1) is 15.8. The van der Waals surface area contributed by atoms with Gasteiger partial charge in [-0.1, -0.05) is 6.07 Å². The third kappa shape index (κ3) is 2.67. The first-order chi connectivity index (χ1) is 10.8. The fourth-order valence-corrected chi connectivity index (χ4v) is 4.56. The highest BCUT2D eigenvalue weighted by Crippen LogP contribution is 2.47. The van der Waals surface area contributed by atoms with Crippen molar-refractivity contribution < 1.29 is 14.5 Å². The fourth-order valence-electron chi connectivity index (χ4n) is 3.12. The Balaban J connectivity index is 1.79. The molecule has 2 aliphatic heterocycles. The lowest BCUT2D eigenvalue weighted by Gasteiger charge is -2.29. The Morgan fingerprint density at radius 3 is 2.96 bits per heavy atom. The average Bonchev–Trinajstić information content (AvgIpc) is 2.98. The van der Waals surface area contributed by atoms with Gasteiger partial charge < -0.3 is 10.2 Å². The van der Waals surface area contributed by atoms with Gasteiger partial charge in [0, 0.05) is 29.5 Å². The van der Waals surface area contributed by atoms with Crippen molar-refractivity contribution in [3.63, 3.8) is 0 Å². The van der Waals surface area contributed by atoms with Gasteiger partial charge in [0.15, 0.2) is 0 Å². The van der Waals surface area contributed by atoms with E-state index in [1.54, 1.807) is 35.7 Å². The number of nitro benzene ring substituents is 1. The lowest BCUT2D eigenvalue weighted by atomic mass is 10.1. The molecule has 0 aliphatic carbocycles. The summed E-state index contributed by atoms with van der Waals surface area (Å²) in [7, 11) is 0. The van der Waals surface area contributed by atoms with Gasteiger partial charge in [-0.3, -0.25) is 19.7 Å². The highest BCUT2D eigenvalue weighted by atomic mass is 32.2. The minimum atomic E-state index is -0.527. The molecule has 1 N–H and O–H groups in total. The van der Waals surface area contributed by atoms with Gasteiger partial charge in [-0.15, -0.1) is 11.8 Å². The van der Waals surface area contributed by atoms with Crippen molar-refractivity contribution in [3.8, 4) is 0 Å². The number of thioether (sulfide) groups is 1. The molecule has 2 aliphatic rings. The summed E-state index contributed by atoms with van der Waals surface area (Å²) in [5, 5.41) is 13.7. The Kier molecular flexibility index (Phi) is 3.79. The molecule has 0 bridgehead atoms. The maximum atomic E-state index is 12.5. The number of nitrogens with one attached hydrogen (secondary N) is 1. The Hall–Kier alpha value is -2.09. The number of benzene rings is 1. The number of hydrogen-bond donors (Lipinski definition) is 1. The molecule has 3 rings (SSSR count). The Morgan fingerprint density at radius 2 is 2.26 bits per heavy atom. The van der Waals surface area contributed by atoms with Crippen LogP contribution in [0.15, 0.2) is 18.2 Å². The first-order valence-corrected chi connectivity index (χ1v) is 8.32. The van der Waals surface area contributed by atoms with Crippen molar-refractivity contribution in [1.82, 2.24) is 4.90 Å². The van der Waals surface area contributed by atoms with Gasteiger partial charge in [0.05, 0.1) is 9.79 Å². The Labute approximate surface area is 137 Å². The van der Waals surface area contributed by atoms with Crippen LogP contribution in [0.5, 0.6) is 0 Å². The van der Waals surface area contributed by atoms with Crippen LogP contribution in [0.2, 0.25) is 0 Å². The van der Waals surface area contributed by atoms with Crippen molar-refractivity contribution in [2.45, 2.75) is 37.6 Å². The van der Waals surface area contributed by atoms with Crippen LogP contribution in [0.4, 0.5) is 11.4 Å². The van der Waals surface area contributed by atoms with Crippen LogP contribution in [-0.2, 0) is 9.59 Å². The number of hydrogen-bond acceptors (Lipinski definition) is 5. The van der Waals surface area contributed by atoms with Crippen molar-refractivity contribution >= 4 is 35.0 Å². The van der Waals surface area contributed by atoms with Crippen molar-refractivity contribution in [3.05, 3.63) is 33.9 Å². The van der Waals surface area contributed by atoms with E-state index in [2.05, 4.69) is 5.32 Å². The zero-order valence-corrected chi connectivity index (χ0v) is 13.7. The van der Waals surface area contributed by atoms with Crippen molar-refractivity contribution in [2.24, 2.45) is 0 Å². The third-order valence-corrected chi connectivity index (χ3v) is 5.93. The summed E-state index contributed by atoms with van der Waals surface area (Å²) in [5.74, 6) is 0.240. The quantitative estimate of drug-likeness (QED) is 0.676. The van der Waals surface area contributed by atoms with Crippen LogP contribution in [-0.4, -0.2) is 38.3 Å². The molecule has 122 valence electrons. The van der Waals surface area contributed by atoms with Crippen LogP contribution < -0.4 is 5.32 Å².